The topological polar surface area (TPSA) is 15.6 Å². The maximum Gasteiger partial charge on any atom is 0.0524 e. The minimum Gasteiger partial charge on any atom is -0.377 e. The Morgan fingerprint density at radius 2 is 1.57 bits per heavy atom. The quantitative estimate of drug-likeness (QED) is 0.748. The summed E-state index contributed by atoms with van der Waals surface area (Å²) in [4.78, 5) is 6.76. The molecule has 0 saturated heterocycles. The Kier molecular flexibility index (Phi) is 4.46. The van der Waals surface area contributed by atoms with E-state index in [9.17, 15) is 0 Å². The van der Waals surface area contributed by atoms with Crippen molar-refractivity contribution in [3.05, 3.63) is 54.1 Å². The van der Waals surface area contributed by atoms with Crippen molar-refractivity contribution in [1.82, 2.24) is 0 Å². The highest BCUT2D eigenvalue weighted by molar-refractivity contribution is 5.90. The van der Waals surface area contributed by atoms with Gasteiger partial charge in [-0.05, 0) is 38.0 Å². The summed E-state index contributed by atoms with van der Waals surface area (Å²) < 4.78 is 0. The van der Waals surface area contributed by atoms with Crippen LogP contribution in [-0.2, 0) is 0 Å². The fourth-order valence-electron chi connectivity index (χ4n) is 2.11. The van der Waals surface area contributed by atoms with Crippen LogP contribution in [0.2, 0.25) is 0 Å². The van der Waals surface area contributed by atoms with Gasteiger partial charge in [0.2, 0.25) is 0 Å². The first-order valence-corrected chi connectivity index (χ1v) is 7.29. The van der Waals surface area contributed by atoms with Crippen molar-refractivity contribution < 1.29 is 0 Å². The van der Waals surface area contributed by atoms with Crippen LogP contribution in [0.25, 0.3) is 11.1 Å². The summed E-state index contributed by atoms with van der Waals surface area (Å²) in [7, 11) is 4.14. The van der Waals surface area contributed by atoms with Crippen molar-refractivity contribution in [2.45, 2.75) is 26.3 Å². The van der Waals surface area contributed by atoms with Crippen LogP contribution in [0.5, 0.6) is 0 Å². The van der Waals surface area contributed by atoms with Gasteiger partial charge in [0.15, 0.2) is 0 Å². The molecule has 0 bridgehead atoms. The molecule has 0 aliphatic rings. The molecular formula is C19H24N2. The lowest BCUT2D eigenvalue weighted by atomic mass is 10.0. The van der Waals surface area contributed by atoms with Gasteiger partial charge in [0, 0.05) is 31.6 Å². The summed E-state index contributed by atoms with van der Waals surface area (Å²) in [5, 5.41) is 0. The molecule has 0 radical (unpaired) electrons. The summed E-state index contributed by atoms with van der Waals surface area (Å²) in [5.41, 5.74) is 4.74. The van der Waals surface area contributed by atoms with Crippen LogP contribution in [-0.4, -0.2) is 25.8 Å². The molecule has 21 heavy (non-hydrogen) atoms. The molecule has 110 valence electrons. The van der Waals surface area contributed by atoms with Crippen molar-refractivity contribution in [2.24, 2.45) is 4.99 Å². The van der Waals surface area contributed by atoms with Crippen LogP contribution in [0.4, 0.5) is 5.69 Å². The third-order valence-electron chi connectivity index (χ3n) is 3.21. The predicted octanol–water partition coefficient (Wildman–Crippen LogP) is 4.64. The van der Waals surface area contributed by atoms with Gasteiger partial charge in [-0.1, -0.05) is 42.5 Å². The first-order valence-electron chi connectivity index (χ1n) is 7.29. The molecule has 0 aliphatic heterocycles. The second kappa shape index (κ2) is 6.13. The van der Waals surface area contributed by atoms with Crippen molar-refractivity contribution in [3.63, 3.8) is 0 Å². The Morgan fingerprint density at radius 1 is 0.905 bits per heavy atom. The molecule has 0 N–H and O–H groups in total. The largest absolute Gasteiger partial charge is 0.377 e. The van der Waals surface area contributed by atoms with E-state index in [1.165, 1.54) is 16.8 Å². The molecular weight excluding hydrogens is 256 g/mol. The van der Waals surface area contributed by atoms with Gasteiger partial charge in [-0.25, -0.2) is 0 Å². The fourth-order valence-corrected chi connectivity index (χ4v) is 2.11. The normalized spacial score (nSPS) is 11.9. The van der Waals surface area contributed by atoms with E-state index in [1.54, 1.807) is 0 Å². The van der Waals surface area contributed by atoms with E-state index in [1.807, 2.05) is 12.3 Å². The van der Waals surface area contributed by atoms with E-state index >= 15 is 0 Å². The van der Waals surface area contributed by atoms with E-state index in [2.05, 4.69) is 87.2 Å². The predicted molar refractivity (Wildman–Crippen MR) is 93.6 cm³/mol. The van der Waals surface area contributed by atoms with Gasteiger partial charge in [-0.3, -0.25) is 4.99 Å². The molecule has 0 heterocycles. The number of aliphatic imine (C=N–C) groups is 1. The first kappa shape index (κ1) is 15.3. The summed E-state index contributed by atoms with van der Waals surface area (Å²) in [5.74, 6) is 0. The summed E-state index contributed by atoms with van der Waals surface area (Å²) in [6, 6.07) is 17.0. The molecule has 0 amide bonds. The van der Waals surface area contributed by atoms with Gasteiger partial charge in [0.1, 0.15) is 0 Å². The Morgan fingerprint density at radius 3 is 2.14 bits per heavy atom. The molecule has 0 aromatic heterocycles. The molecule has 0 spiro atoms. The molecule has 0 saturated carbocycles. The van der Waals surface area contributed by atoms with Gasteiger partial charge in [0.25, 0.3) is 0 Å². The zero-order valence-electron chi connectivity index (χ0n) is 13.6. The van der Waals surface area contributed by atoms with Gasteiger partial charge in [-0.15, -0.1) is 0 Å². The van der Waals surface area contributed by atoms with Crippen LogP contribution < -0.4 is 4.90 Å². The number of anilines is 1. The zero-order valence-corrected chi connectivity index (χ0v) is 13.6. The minimum absolute atomic E-state index is 0.0539. The van der Waals surface area contributed by atoms with Crippen LogP contribution in [0, 0.1) is 0 Å². The molecule has 0 fully saturated rings. The number of benzene rings is 2. The number of nitrogens with zero attached hydrogens (tertiary/aromatic N) is 2. The minimum atomic E-state index is -0.0539. The highest BCUT2D eigenvalue weighted by Gasteiger charge is 2.09. The monoisotopic (exact) mass is 280 g/mol. The van der Waals surface area contributed by atoms with Crippen molar-refractivity contribution in [1.29, 1.82) is 0 Å². The average Bonchev–Trinajstić information content (AvgIpc) is 2.45. The maximum absolute atomic E-state index is 4.62. The number of rotatable bonds is 3. The molecule has 2 aromatic rings. The zero-order chi connectivity index (χ0) is 15.5. The second-order valence-electron chi connectivity index (χ2n) is 6.46. The third-order valence-corrected chi connectivity index (χ3v) is 3.21. The SMILES string of the molecule is CN(C)c1cc(-c2ccccc2)ccc1C=NC(C)(C)C. The lowest BCUT2D eigenvalue weighted by molar-refractivity contribution is 0.586. The Labute approximate surface area is 128 Å². The van der Waals surface area contributed by atoms with E-state index in [-0.39, 0.29) is 5.54 Å². The maximum atomic E-state index is 4.62. The summed E-state index contributed by atoms with van der Waals surface area (Å²) >= 11 is 0. The Hall–Kier alpha value is -2.09. The van der Waals surface area contributed by atoms with E-state index < -0.39 is 0 Å². The summed E-state index contributed by atoms with van der Waals surface area (Å²) in [6.07, 6.45) is 1.98. The molecule has 2 aromatic carbocycles. The fraction of sp³-hybridized carbons (Fsp3) is 0.316. The summed E-state index contributed by atoms with van der Waals surface area (Å²) in [6.45, 7) is 6.32. The van der Waals surface area contributed by atoms with Crippen molar-refractivity contribution in [3.8, 4) is 11.1 Å². The van der Waals surface area contributed by atoms with Gasteiger partial charge >= 0.3 is 0 Å². The van der Waals surface area contributed by atoms with Crippen LogP contribution in [0.15, 0.2) is 53.5 Å². The molecule has 2 heteroatoms. The second-order valence-corrected chi connectivity index (χ2v) is 6.46. The van der Waals surface area contributed by atoms with Crippen molar-refractivity contribution in [2.75, 3.05) is 19.0 Å². The lowest BCUT2D eigenvalue weighted by Gasteiger charge is -2.18. The molecule has 0 atom stereocenters. The number of hydrogen-bond donors (Lipinski definition) is 0. The lowest BCUT2D eigenvalue weighted by Crippen LogP contribution is -2.13. The molecule has 2 rings (SSSR count). The molecule has 0 unspecified atom stereocenters. The van der Waals surface area contributed by atoms with E-state index in [0.29, 0.717) is 0 Å². The van der Waals surface area contributed by atoms with E-state index in [0.717, 1.165) is 5.56 Å². The van der Waals surface area contributed by atoms with Gasteiger partial charge in [0.05, 0.1) is 5.54 Å². The highest BCUT2D eigenvalue weighted by Crippen LogP contribution is 2.26. The van der Waals surface area contributed by atoms with E-state index in [4.69, 9.17) is 0 Å². The van der Waals surface area contributed by atoms with Crippen LogP contribution in [0.3, 0.4) is 0 Å². The molecule has 2 nitrogen and oxygen atoms in total. The Balaban J connectivity index is 2.43. The first-order chi connectivity index (χ1) is 9.87. The standard InChI is InChI=1S/C19H24N2/c1-19(2,3)20-14-17-12-11-16(13-18(17)21(4)5)15-9-7-6-8-10-15/h6-14H,1-5H3. The Bertz CT molecular complexity index is 620. The third kappa shape index (κ3) is 4.19. The van der Waals surface area contributed by atoms with Gasteiger partial charge in [-0.2, -0.15) is 0 Å². The van der Waals surface area contributed by atoms with Crippen LogP contribution >= 0.6 is 0 Å². The average molecular weight is 280 g/mol. The van der Waals surface area contributed by atoms with Crippen LogP contribution in [0.1, 0.15) is 26.3 Å². The highest BCUT2D eigenvalue weighted by atomic mass is 15.1. The van der Waals surface area contributed by atoms with Gasteiger partial charge < -0.3 is 4.90 Å². The molecule has 0 aliphatic carbocycles. The number of hydrogen-bond acceptors (Lipinski definition) is 2. The van der Waals surface area contributed by atoms with Crippen molar-refractivity contribution >= 4 is 11.9 Å². The smallest absolute Gasteiger partial charge is 0.0524 e.